The molecule has 2 unspecified atom stereocenters. The van der Waals surface area contributed by atoms with Gasteiger partial charge in [-0.25, -0.2) is 0 Å². The molecule has 0 saturated heterocycles. The maximum Gasteiger partial charge on any atom is 0.0550 e. The standard InChI is InChI=1S/C13H24O/c1-5-6-12-7-11(2)8-13(3,9-12)10-14-4/h9,11H,5-8,10H2,1-4H3. The van der Waals surface area contributed by atoms with Gasteiger partial charge in [0, 0.05) is 12.5 Å². The second-order valence-electron chi connectivity index (χ2n) is 5.15. The Bertz CT molecular complexity index is 207. The molecule has 14 heavy (non-hydrogen) atoms. The van der Waals surface area contributed by atoms with Gasteiger partial charge in [0.25, 0.3) is 0 Å². The van der Waals surface area contributed by atoms with Crippen molar-refractivity contribution < 1.29 is 4.74 Å². The van der Waals surface area contributed by atoms with E-state index in [1.807, 2.05) is 0 Å². The van der Waals surface area contributed by atoms with E-state index in [1.165, 1.54) is 25.7 Å². The molecule has 0 heterocycles. The van der Waals surface area contributed by atoms with E-state index < -0.39 is 0 Å². The topological polar surface area (TPSA) is 9.23 Å². The van der Waals surface area contributed by atoms with Crippen molar-refractivity contribution in [3.63, 3.8) is 0 Å². The van der Waals surface area contributed by atoms with Crippen LogP contribution in [0.4, 0.5) is 0 Å². The number of hydrogen-bond acceptors (Lipinski definition) is 1. The molecule has 0 spiro atoms. The highest BCUT2D eigenvalue weighted by molar-refractivity contribution is 5.14. The van der Waals surface area contributed by atoms with Crippen molar-refractivity contribution >= 4 is 0 Å². The normalized spacial score (nSPS) is 32.9. The maximum atomic E-state index is 5.31. The van der Waals surface area contributed by atoms with Crippen molar-refractivity contribution in [1.29, 1.82) is 0 Å². The minimum Gasteiger partial charge on any atom is -0.384 e. The van der Waals surface area contributed by atoms with Crippen LogP contribution < -0.4 is 0 Å². The number of methoxy groups -OCH3 is 1. The van der Waals surface area contributed by atoms with Crippen LogP contribution >= 0.6 is 0 Å². The summed E-state index contributed by atoms with van der Waals surface area (Å²) >= 11 is 0. The first-order chi connectivity index (χ1) is 6.59. The molecule has 0 aromatic rings. The molecule has 1 heteroatoms. The largest absolute Gasteiger partial charge is 0.384 e. The average Bonchev–Trinajstić information content (AvgIpc) is 2.02. The highest BCUT2D eigenvalue weighted by Crippen LogP contribution is 2.38. The van der Waals surface area contributed by atoms with Gasteiger partial charge >= 0.3 is 0 Å². The van der Waals surface area contributed by atoms with Crippen LogP contribution in [0.2, 0.25) is 0 Å². The molecule has 0 fully saturated rings. The summed E-state index contributed by atoms with van der Waals surface area (Å²) in [6.07, 6.45) is 7.58. The molecule has 0 aromatic carbocycles. The van der Waals surface area contributed by atoms with Gasteiger partial charge in [-0.2, -0.15) is 0 Å². The zero-order valence-corrected chi connectivity index (χ0v) is 10.1. The second kappa shape index (κ2) is 4.97. The van der Waals surface area contributed by atoms with E-state index in [0.717, 1.165) is 12.5 Å². The molecule has 2 atom stereocenters. The Morgan fingerprint density at radius 2 is 2.29 bits per heavy atom. The fourth-order valence-corrected chi connectivity index (χ4v) is 2.85. The lowest BCUT2D eigenvalue weighted by molar-refractivity contribution is 0.0999. The third-order valence-electron chi connectivity index (χ3n) is 3.02. The van der Waals surface area contributed by atoms with Gasteiger partial charge in [-0.15, -0.1) is 0 Å². The molecule has 1 aliphatic rings. The molecule has 0 bridgehead atoms. The van der Waals surface area contributed by atoms with Gasteiger partial charge in [0.05, 0.1) is 6.61 Å². The van der Waals surface area contributed by atoms with E-state index in [0.29, 0.717) is 0 Å². The van der Waals surface area contributed by atoms with Crippen molar-refractivity contribution in [3.8, 4) is 0 Å². The number of allylic oxidation sites excluding steroid dienone is 1. The second-order valence-corrected chi connectivity index (χ2v) is 5.15. The van der Waals surface area contributed by atoms with Crippen LogP contribution in [-0.4, -0.2) is 13.7 Å². The molecular weight excluding hydrogens is 172 g/mol. The predicted molar refractivity (Wildman–Crippen MR) is 61.4 cm³/mol. The molecule has 0 amide bonds. The van der Waals surface area contributed by atoms with Gasteiger partial charge in [0.1, 0.15) is 0 Å². The van der Waals surface area contributed by atoms with E-state index >= 15 is 0 Å². The lowest BCUT2D eigenvalue weighted by atomic mass is 9.73. The third-order valence-corrected chi connectivity index (χ3v) is 3.02. The third kappa shape index (κ3) is 3.13. The lowest BCUT2D eigenvalue weighted by Gasteiger charge is -2.34. The summed E-state index contributed by atoms with van der Waals surface area (Å²) < 4.78 is 5.31. The molecule has 0 N–H and O–H groups in total. The Morgan fingerprint density at radius 3 is 2.86 bits per heavy atom. The van der Waals surface area contributed by atoms with E-state index in [9.17, 15) is 0 Å². The Kier molecular flexibility index (Phi) is 4.18. The summed E-state index contributed by atoms with van der Waals surface area (Å²) in [5.41, 5.74) is 1.93. The first-order valence-electron chi connectivity index (χ1n) is 5.79. The van der Waals surface area contributed by atoms with E-state index in [-0.39, 0.29) is 5.41 Å². The van der Waals surface area contributed by atoms with Crippen LogP contribution in [0.3, 0.4) is 0 Å². The Morgan fingerprint density at radius 1 is 1.57 bits per heavy atom. The predicted octanol–water partition coefficient (Wildman–Crippen LogP) is 3.80. The monoisotopic (exact) mass is 196 g/mol. The molecule has 0 aliphatic heterocycles. The van der Waals surface area contributed by atoms with Crippen molar-refractivity contribution in [2.75, 3.05) is 13.7 Å². The fraction of sp³-hybridized carbons (Fsp3) is 0.846. The van der Waals surface area contributed by atoms with Crippen molar-refractivity contribution in [1.82, 2.24) is 0 Å². The molecular formula is C13H24O. The fourth-order valence-electron chi connectivity index (χ4n) is 2.85. The van der Waals surface area contributed by atoms with Gasteiger partial charge in [-0.05, 0) is 25.2 Å². The molecule has 0 aromatic heterocycles. The highest BCUT2D eigenvalue weighted by Gasteiger charge is 2.29. The number of rotatable bonds is 4. The molecule has 0 radical (unpaired) electrons. The van der Waals surface area contributed by atoms with Crippen LogP contribution in [-0.2, 0) is 4.74 Å². The Balaban J connectivity index is 2.71. The quantitative estimate of drug-likeness (QED) is 0.621. The molecule has 1 aliphatic carbocycles. The van der Waals surface area contributed by atoms with Gasteiger partial charge < -0.3 is 4.74 Å². The van der Waals surface area contributed by atoms with Gasteiger partial charge in [-0.3, -0.25) is 0 Å². The van der Waals surface area contributed by atoms with Crippen LogP contribution in [0.1, 0.15) is 46.5 Å². The zero-order chi connectivity index (χ0) is 10.6. The lowest BCUT2D eigenvalue weighted by Crippen LogP contribution is -2.27. The smallest absolute Gasteiger partial charge is 0.0550 e. The first kappa shape index (κ1) is 11.8. The summed E-state index contributed by atoms with van der Waals surface area (Å²) in [6, 6.07) is 0. The summed E-state index contributed by atoms with van der Waals surface area (Å²) in [5, 5.41) is 0. The molecule has 0 saturated carbocycles. The average molecular weight is 196 g/mol. The first-order valence-corrected chi connectivity index (χ1v) is 5.79. The minimum absolute atomic E-state index is 0.289. The van der Waals surface area contributed by atoms with Crippen molar-refractivity contribution in [3.05, 3.63) is 11.6 Å². The van der Waals surface area contributed by atoms with Gasteiger partial charge in [-0.1, -0.05) is 38.8 Å². The van der Waals surface area contributed by atoms with E-state index in [1.54, 1.807) is 12.7 Å². The Hall–Kier alpha value is -0.300. The molecule has 1 rings (SSSR count). The molecule has 1 nitrogen and oxygen atoms in total. The van der Waals surface area contributed by atoms with Crippen molar-refractivity contribution in [2.45, 2.75) is 46.5 Å². The van der Waals surface area contributed by atoms with Crippen molar-refractivity contribution in [2.24, 2.45) is 11.3 Å². The zero-order valence-electron chi connectivity index (χ0n) is 10.1. The number of hydrogen-bond donors (Lipinski definition) is 0. The van der Waals surface area contributed by atoms with Crippen LogP contribution in [0.25, 0.3) is 0 Å². The summed E-state index contributed by atoms with van der Waals surface area (Å²) in [7, 11) is 1.80. The maximum absolute atomic E-state index is 5.31. The number of ether oxygens (including phenoxy) is 1. The summed E-state index contributed by atoms with van der Waals surface area (Å²) in [6.45, 7) is 7.80. The minimum atomic E-state index is 0.289. The van der Waals surface area contributed by atoms with Gasteiger partial charge in [0.2, 0.25) is 0 Å². The SMILES string of the molecule is CCCC1=CC(C)(COC)CC(C)C1. The van der Waals surface area contributed by atoms with Crippen LogP contribution in [0.5, 0.6) is 0 Å². The summed E-state index contributed by atoms with van der Waals surface area (Å²) in [5.74, 6) is 0.821. The van der Waals surface area contributed by atoms with E-state index in [4.69, 9.17) is 4.74 Å². The highest BCUT2D eigenvalue weighted by atomic mass is 16.5. The molecule has 82 valence electrons. The Labute approximate surface area is 88.5 Å². The summed E-state index contributed by atoms with van der Waals surface area (Å²) in [4.78, 5) is 0. The van der Waals surface area contributed by atoms with Crippen LogP contribution in [0, 0.1) is 11.3 Å². The van der Waals surface area contributed by atoms with Crippen LogP contribution in [0.15, 0.2) is 11.6 Å². The van der Waals surface area contributed by atoms with Gasteiger partial charge in [0.15, 0.2) is 0 Å². The van der Waals surface area contributed by atoms with E-state index in [2.05, 4.69) is 26.8 Å².